The van der Waals surface area contributed by atoms with E-state index in [0.717, 1.165) is 22.5 Å². The van der Waals surface area contributed by atoms with Crippen molar-refractivity contribution in [2.45, 2.75) is 6.54 Å². The van der Waals surface area contributed by atoms with Crippen LogP contribution in [0.25, 0.3) is 31.6 Å². The molecule has 0 atom stereocenters. The second-order valence-electron chi connectivity index (χ2n) is 6.23. The monoisotopic (exact) mass is 357 g/mol. The van der Waals surface area contributed by atoms with E-state index in [1.54, 1.807) is 0 Å². The van der Waals surface area contributed by atoms with Crippen LogP contribution < -0.4 is 5.56 Å². The zero-order valence-corrected chi connectivity index (χ0v) is 14.7. The summed E-state index contributed by atoms with van der Waals surface area (Å²) in [5.41, 5.74) is 4.24. The maximum absolute atomic E-state index is 12.0. The Morgan fingerprint density at radius 3 is 2.69 bits per heavy atom. The van der Waals surface area contributed by atoms with Gasteiger partial charge in [0.25, 0.3) is 5.56 Å². The summed E-state index contributed by atoms with van der Waals surface area (Å²) >= 11 is 1.49. The average Bonchev–Trinajstić information content (AvgIpc) is 3.26. The highest BCUT2D eigenvalue weighted by Crippen LogP contribution is 2.36. The molecule has 0 fully saturated rings. The minimum absolute atomic E-state index is 0.0840. The van der Waals surface area contributed by atoms with Gasteiger partial charge in [-0.25, -0.2) is 4.98 Å². The number of nitrogens with one attached hydrogen (secondary N) is 1. The van der Waals surface area contributed by atoms with Crippen molar-refractivity contribution in [2.24, 2.45) is 0 Å². The highest BCUT2D eigenvalue weighted by Gasteiger charge is 2.14. The second-order valence-corrected chi connectivity index (χ2v) is 7.28. The highest BCUT2D eigenvalue weighted by atomic mass is 32.1. The number of hydrogen-bond acceptors (Lipinski definition) is 3. The predicted molar refractivity (Wildman–Crippen MR) is 107 cm³/mol. The Morgan fingerprint density at radius 2 is 1.85 bits per heavy atom. The Kier molecular flexibility index (Phi) is 3.47. The van der Waals surface area contributed by atoms with Crippen LogP contribution in [0.3, 0.4) is 0 Å². The molecule has 0 aliphatic heterocycles. The Balaban J connectivity index is 1.70. The molecule has 0 saturated carbocycles. The highest BCUT2D eigenvalue weighted by molar-refractivity contribution is 7.22. The van der Waals surface area contributed by atoms with E-state index in [9.17, 15) is 4.79 Å². The lowest BCUT2D eigenvalue weighted by Gasteiger charge is -2.05. The largest absolute Gasteiger partial charge is 0.342 e. The lowest BCUT2D eigenvalue weighted by atomic mass is 10.1. The van der Waals surface area contributed by atoms with Crippen LogP contribution in [0.15, 0.2) is 78.0 Å². The molecule has 3 heterocycles. The van der Waals surface area contributed by atoms with Crippen LogP contribution in [0.4, 0.5) is 0 Å². The molecule has 0 bridgehead atoms. The molecule has 26 heavy (non-hydrogen) atoms. The smallest absolute Gasteiger partial charge is 0.268 e. The van der Waals surface area contributed by atoms with Gasteiger partial charge in [0.05, 0.1) is 11.8 Å². The van der Waals surface area contributed by atoms with Crippen molar-refractivity contribution in [1.82, 2.24) is 14.5 Å². The van der Waals surface area contributed by atoms with Gasteiger partial charge in [-0.3, -0.25) is 4.79 Å². The zero-order chi connectivity index (χ0) is 17.5. The molecule has 0 aliphatic carbocycles. The fourth-order valence-electron chi connectivity index (χ4n) is 3.35. The standard InChI is InChI=1S/C21H15N3OS/c25-21-20-17(22-13-23-21)10-19(26-20)16-12-24(11-14-6-2-1-3-7-14)18-9-5-4-8-15(16)18/h1-10,12-13H,11H2,(H,22,23,25). The predicted octanol–water partition coefficient (Wildman–Crippen LogP) is 4.65. The van der Waals surface area contributed by atoms with E-state index in [0.29, 0.717) is 4.70 Å². The molecule has 2 aromatic carbocycles. The summed E-state index contributed by atoms with van der Waals surface area (Å²) in [5, 5.41) is 1.19. The first-order valence-electron chi connectivity index (χ1n) is 8.39. The van der Waals surface area contributed by atoms with Crippen LogP contribution >= 0.6 is 11.3 Å². The summed E-state index contributed by atoms with van der Waals surface area (Å²) in [5.74, 6) is 0. The number of rotatable bonds is 3. The molecule has 0 unspecified atom stereocenters. The van der Waals surface area contributed by atoms with Gasteiger partial charge in [-0.15, -0.1) is 11.3 Å². The maximum Gasteiger partial charge on any atom is 0.268 e. The van der Waals surface area contributed by atoms with Crippen LogP contribution in [0, 0.1) is 0 Å². The molecule has 0 spiro atoms. The van der Waals surface area contributed by atoms with E-state index in [4.69, 9.17) is 0 Å². The normalized spacial score (nSPS) is 11.4. The number of aromatic amines is 1. The number of para-hydroxylation sites is 1. The van der Waals surface area contributed by atoms with E-state index in [-0.39, 0.29) is 5.56 Å². The summed E-state index contributed by atoms with van der Waals surface area (Å²) in [6, 6.07) is 20.8. The fraction of sp³-hybridized carbons (Fsp3) is 0.0476. The van der Waals surface area contributed by atoms with Crippen molar-refractivity contribution >= 4 is 32.5 Å². The summed E-state index contributed by atoms with van der Waals surface area (Å²) in [4.78, 5) is 20.0. The van der Waals surface area contributed by atoms with Gasteiger partial charge in [0.2, 0.25) is 0 Å². The van der Waals surface area contributed by atoms with Crippen molar-refractivity contribution in [3.63, 3.8) is 0 Å². The number of thiophene rings is 1. The van der Waals surface area contributed by atoms with Crippen molar-refractivity contribution in [2.75, 3.05) is 0 Å². The van der Waals surface area contributed by atoms with E-state index < -0.39 is 0 Å². The Morgan fingerprint density at radius 1 is 1.04 bits per heavy atom. The third-order valence-corrected chi connectivity index (χ3v) is 5.72. The first-order chi connectivity index (χ1) is 12.8. The minimum atomic E-state index is -0.0840. The number of benzene rings is 2. The van der Waals surface area contributed by atoms with Crippen LogP contribution in [0.5, 0.6) is 0 Å². The third-order valence-electron chi connectivity index (χ3n) is 4.57. The topological polar surface area (TPSA) is 50.7 Å². The van der Waals surface area contributed by atoms with Gasteiger partial charge in [-0.1, -0.05) is 48.5 Å². The van der Waals surface area contributed by atoms with Crippen LogP contribution in [-0.2, 0) is 6.54 Å². The first-order valence-corrected chi connectivity index (χ1v) is 9.20. The van der Waals surface area contributed by atoms with Crippen molar-refractivity contribution in [3.05, 3.63) is 89.1 Å². The van der Waals surface area contributed by atoms with Crippen LogP contribution in [0.1, 0.15) is 5.56 Å². The summed E-state index contributed by atoms with van der Waals surface area (Å²) in [7, 11) is 0. The molecule has 0 aliphatic rings. The van der Waals surface area contributed by atoms with Gasteiger partial charge >= 0.3 is 0 Å². The van der Waals surface area contributed by atoms with Crippen molar-refractivity contribution < 1.29 is 0 Å². The van der Waals surface area contributed by atoms with Crippen molar-refractivity contribution in [3.8, 4) is 10.4 Å². The zero-order valence-electron chi connectivity index (χ0n) is 13.8. The molecule has 5 aromatic rings. The SMILES string of the molecule is O=c1[nH]cnc2cc(-c3cn(Cc4ccccc4)c4ccccc34)sc12. The maximum atomic E-state index is 12.0. The number of H-pyrrole nitrogens is 1. The quantitative estimate of drug-likeness (QED) is 0.511. The lowest BCUT2D eigenvalue weighted by Crippen LogP contribution is -2.02. The molecule has 3 aromatic heterocycles. The van der Waals surface area contributed by atoms with Gasteiger partial charge in [0.1, 0.15) is 4.70 Å². The van der Waals surface area contributed by atoms with E-state index in [1.165, 1.54) is 34.1 Å². The molecule has 0 saturated heterocycles. The molecule has 0 radical (unpaired) electrons. The summed E-state index contributed by atoms with van der Waals surface area (Å²) < 4.78 is 2.93. The molecule has 1 N–H and O–H groups in total. The molecular weight excluding hydrogens is 342 g/mol. The van der Waals surface area contributed by atoms with Crippen molar-refractivity contribution in [1.29, 1.82) is 0 Å². The number of aromatic nitrogens is 3. The number of hydrogen-bond donors (Lipinski definition) is 1. The molecule has 0 amide bonds. The molecule has 126 valence electrons. The average molecular weight is 357 g/mol. The van der Waals surface area contributed by atoms with Gasteiger partial charge in [-0.2, -0.15) is 0 Å². The van der Waals surface area contributed by atoms with Gasteiger partial charge in [0, 0.05) is 34.1 Å². The molecule has 5 rings (SSSR count). The Bertz CT molecular complexity index is 1280. The van der Waals surface area contributed by atoms with Crippen LogP contribution in [0.2, 0.25) is 0 Å². The number of fused-ring (bicyclic) bond motifs is 2. The first kappa shape index (κ1) is 15.1. The molecular formula is C21H15N3OS. The van der Waals surface area contributed by atoms with E-state index in [2.05, 4.69) is 69.3 Å². The van der Waals surface area contributed by atoms with E-state index in [1.807, 2.05) is 12.1 Å². The summed E-state index contributed by atoms with van der Waals surface area (Å²) in [6.45, 7) is 0.811. The van der Waals surface area contributed by atoms with Crippen LogP contribution in [-0.4, -0.2) is 14.5 Å². The number of nitrogens with zero attached hydrogens (tertiary/aromatic N) is 2. The third kappa shape index (κ3) is 2.45. The Hall–Kier alpha value is -3.18. The molecule has 4 nitrogen and oxygen atoms in total. The van der Waals surface area contributed by atoms with E-state index >= 15 is 0 Å². The lowest BCUT2D eigenvalue weighted by molar-refractivity contribution is 0.838. The van der Waals surface area contributed by atoms with Gasteiger partial charge in [0.15, 0.2) is 0 Å². The second kappa shape index (κ2) is 5.97. The molecule has 5 heteroatoms. The summed E-state index contributed by atoms with van der Waals surface area (Å²) in [6.07, 6.45) is 3.64. The fourth-order valence-corrected chi connectivity index (χ4v) is 4.38. The minimum Gasteiger partial charge on any atom is -0.342 e. The Labute approximate surface area is 153 Å². The van der Waals surface area contributed by atoms with Gasteiger partial charge < -0.3 is 9.55 Å². The van der Waals surface area contributed by atoms with Gasteiger partial charge in [-0.05, 0) is 17.7 Å².